The lowest BCUT2D eigenvalue weighted by Crippen LogP contribution is -1.87. The molecule has 0 fully saturated rings. The van der Waals surface area contributed by atoms with Gasteiger partial charge in [0.05, 0.1) is 0 Å². The van der Waals surface area contributed by atoms with Gasteiger partial charge in [0.2, 0.25) is 0 Å². The second-order valence-corrected chi connectivity index (χ2v) is 3.01. The summed E-state index contributed by atoms with van der Waals surface area (Å²) in [6.07, 6.45) is 0. The van der Waals surface area contributed by atoms with Crippen molar-refractivity contribution in [3.05, 3.63) is 21.6 Å². The second-order valence-electron chi connectivity index (χ2n) is 3.01. The van der Waals surface area contributed by atoms with Gasteiger partial charge in [-0.2, -0.15) is 0 Å². The molecule has 70 valence electrons. The van der Waals surface area contributed by atoms with E-state index in [1.807, 2.05) is 0 Å². The third kappa shape index (κ3) is 1.24. The molecule has 4 heteroatoms. The zero-order valence-corrected chi connectivity index (χ0v) is 7.75. The Morgan fingerprint density at radius 1 is 0.923 bits per heavy atom. The number of nitroso groups, excluding NO2 is 1. The van der Waals surface area contributed by atoms with Crippen molar-refractivity contribution in [3.63, 3.8) is 0 Å². The van der Waals surface area contributed by atoms with Crippen LogP contribution >= 0.6 is 0 Å². The first-order valence-electron chi connectivity index (χ1n) is 3.85. The lowest BCUT2D eigenvalue weighted by Gasteiger charge is -2.10. The molecule has 0 saturated heterocycles. The molecule has 4 nitrogen and oxygen atoms in total. The summed E-state index contributed by atoms with van der Waals surface area (Å²) >= 11 is 0. The molecule has 13 heavy (non-hydrogen) atoms. The number of benzene rings is 1. The molecule has 1 aromatic rings. The van der Waals surface area contributed by atoms with Crippen molar-refractivity contribution in [1.82, 2.24) is 0 Å². The van der Waals surface area contributed by atoms with Crippen LogP contribution in [0.25, 0.3) is 0 Å². The quantitative estimate of drug-likeness (QED) is 0.653. The predicted molar refractivity (Wildman–Crippen MR) is 49.4 cm³/mol. The van der Waals surface area contributed by atoms with Crippen LogP contribution in [-0.2, 0) is 0 Å². The molecule has 0 aliphatic heterocycles. The van der Waals surface area contributed by atoms with Gasteiger partial charge in [-0.3, -0.25) is 0 Å². The maximum Gasteiger partial charge on any atom is 0.153 e. The average Bonchev–Trinajstić information content (AvgIpc) is 2.13. The first-order valence-corrected chi connectivity index (χ1v) is 3.85. The molecule has 0 atom stereocenters. The highest BCUT2D eigenvalue weighted by atomic mass is 16.3. The monoisotopic (exact) mass is 181 g/mol. The van der Waals surface area contributed by atoms with Gasteiger partial charge in [-0.25, -0.2) is 0 Å². The highest BCUT2D eigenvalue weighted by Gasteiger charge is 2.16. The Balaban J connectivity index is 3.66. The molecular formula is C9H11NO3. The van der Waals surface area contributed by atoms with Gasteiger partial charge in [0.15, 0.2) is 11.4 Å². The zero-order valence-electron chi connectivity index (χ0n) is 7.75. The van der Waals surface area contributed by atoms with Crippen LogP contribution in [0.3, 0.4) is 0 Å². The molecule has 0 amide bonds. The van der Waals surface area contributed by atoms with Crippen LogP contribution in [-0.4, -0.2) is 10.2 Å². The fraction of sp³-hybridized carbons (Fsp3) is 0.333. The molecule has 0 bridgehead atoms. The number of nitrogens with zero attached hydrogens (tertiary/aromatic N) is 1. The predicted octanol–water partition coefficient (Wildman–Crippen LogP) is 2.42. The Morgan fingerprint density at radius 3 is 1.92 bits per heavy atom. The van der Waals surface area contributed by atoms with E-state index in [0.717, 1.165) is 0 Å². The summed E-state index contributed by atoms with van der Waals surface area (Å²) < 4.78 is 0. The molecule has 0 heterocycles. The normalized spacial score (nSPS) is 10.1. The van der Waals surface area contributed by atoms with E-state index in [1.165, 1.54) is 6.92 Å². The van der Waals surface area contributed by atoms with Crippen LogP contribution in [0.5, 0.6) is 11.5 Å². The summed E-state index contributed by atoms with van der Waals surface area (Å²) in [4.78, 5) is 10.4. The van der Waals surface area contributed by atoms with Crippen LogP contribution in [0, 0.1) is 25.7 Å². The van der Waals surface area contributed by atoms with E-state index in [9.17, 15) is 15.1 Å². The van der Waals surface area contributed by atoms with Crippen LogP contribution in [0.2, 0.25) is 0 Å². The number of phenolic OH excluding ortho intramolecular Hbond substituents is 2. The molecular weight excluding hydrogens is 170 g/mol. The van der Waals surface area contributed by atoms with Crippen LogP contribution in [0.4, 0.5) is 5.69 Å². The fourth-order valence-electron chi connectivity index (χ4n) is 1.22. The molecule has 0 radical (unpaired) electrons. The third-order valence-corrected chi connectivity index (χ3v) is 2.30. The summed E-state index contributed by atoms with van der Waals surface area (Å²) in [7, 11) is 0. The van der Waals surface area contributed by atoms with E-state index in [1.54, 1.807) is 13.8 Å². The molecule has 0 spiro atoms. The molecule has 0 aliphatic rings. The van der Waals surface area contributed by atoms with E-state index in [2.05, 4.69) is 5.18 Å². The molecule has 0 aliphatic carbocycles. The molecule has 0 aromatic heterocycles. The standard InChI is InChI=1S/C9H11NO3/c1-4-5(2)8(11)6(3)9(12)7(4)10-13/h11-12H,1-3H3. The Labute approximate surface area is 75.8 Å². The van der Waals surface area contributed by atoms with Crippen molar-refractivity contribution in [1.29, 1.82) is 0 Å². The highest BCUT2D eigenvalue weighted by molar-refractivity contribution is 5.67. The van der Waals surface area contributed by atoms with Crippen molar-refractivity contribution < 1.29 is 10.2 Å². The fourth-order valence-corrected chi connectivity index (χ4v) is 1.22. The first-order chi connectivity index (χ1) is 6.00. The smallest absolute Gasteiger partial charge is 0.153 e. The maximum atomic E-state index is 10.4. The van der Waals surface area contributed by atoms with Gasteiger partial charge in [0, 0.05) is 5.56 Å². The van der Waals surface area contributed by atoms with Gasteiger partial charge in [-0.05, 0) is 37.1 Å². The van der Waals surface area contributed by atoms with Gasteiger partial charge in [-0.15, -0.1) is 4.91 Å². The number of phenols is 2. The van der Waals surface area contributed by atoms with Crippen LogP contribution < -0.4 is 0 Å². The van der Waals surface area contributed by atoms with Crippen molar-refractivity contribution in [2.75, 3.05) is 0 Å². The van der Waals surface area contributed by atoms with Crippen LogP contribution in [0.15, 0.2) is 5.18 Å². The summed E-state index contributed by atoms with van der Waals surface area (Å²) in [5.41, 5.74) is 1.38. The Bertz CT molecular complexity index is 343. The summed E-state index contributed by atoms with van der Waals surface area (Å²) in [6, 6.07) is 0. The maximum absolute atomic E-state index is 10.4. The lowest BCUT2D eigenvalue weighted by molar-refractivity contribution is 0.440. The van der Waals surface area contributed by atoms with E-state index in [0.29, 0.717) is 11.1 Å². The summed E-state index contributed by atoms with van der Waals surface area (Å²) in [5.74, 6) is -0.224. The van der Waals surface area contributed by atoms with E-state index in [-0.39, 0.29) is 22.7 Å². The SMILES string of the molecule is Cc1c(C)c(N=O)c(O)c(C)c1O. The highest BCUT2D eigenvalue weighted by Crippen LogP contribution is 2.41. The Morgan fingerprint density at radius 2 is 1.46 bits per heavy atom. The molecule has 2 N–H and O–H groups in total. The van der Waals surface area contributed by atoms with E-state index >= 15 is 0 Å². The minimum atomic E-state index is -0.240. The number of hydrogen-bond acceptors (Lipinski definition) is 4. The van der Waals surface area contributed by atoms with Crippen LogP contribution in [0.1, 0.15) is 16.7 Å². The summed E-state index contributed by atoms with van der Waals surface area (Å²) in [6.45, 7) is 4.84. The van der Waals surface area contributed by atoms with Gasteiger partial charge >= 0.3 is 0 Å². The Kier molecular flexibility index (Phi) is 2.23. The zero-order chi connectivity index (χ0) is 10.2. The van der Waals surface area contributed by atoms with Crippen molar-refractivity contribution >= 4 is 5.69 Å². The van der Waals surface area contributed by atoms with E-state index in [4.69, 9.17) is 0 Å². The largest absolute Gasteiger partial charge is 0.507 e. The second kappa shape index (κ2) is 3.05. The number of aromatic hydroxyl groups is 2. The van der Waals surface area contributed by atoms with Gasteiger partial charge in [-0.1, -0.05) is 0 Å². The minimum Gasteiger partial charge on any atom is -0.507 e. The topological polar surface area (TPSA) is 69.9 Å². The average molecular weight is 181 g/mol. The Hall–Kier alpha value is -1.58. The van der Waals surface area contributed by atoms with Crippen molar-refractivity contribution in [2.45, 2.75) is 20.8 Å². The third-order valence-electron chi connectivity index (χ3n) is 2.30. The molecule has 0 saturated carbocycles. The summed E-state index contributed by atoms with van der Waals surface area (Å²) in [5, 5.41) is 21.6. The minimum absolute atomic E-state index is 0.00722. The van der Waals surface area contributed by atoms with E-state index < -0.39 is 0 Å². The first kappa shape index (κ1) is 9.51. The molecule has 1 rings (SSSR count). The van der Waals surface area contributed by atoms with Gasteiger partial charge in [0.25, 0.3) is 0 Å². The number of rotatable bonds is 1. The lowest BCUT2D eigenvalue weighted by atomic mass is 10.0. The van der Waals surface area contributed by atoms with Gasteiger partial charge < -0.3 is 10.2 Å². The number of hydrogen-bond donors (Lipinski definition) is 2. The van der Waals surface area contributed by atoms with Gasteiger partial charge in [0.1, 0.15) is 5.75 Å². The van der Waals surface area contributed by atoms with Crippen molar-refractivity contribution in [2.24, 2.45) is 5.18 Å². The molecule has 1 aromatic carbocycles. The molecule has 0 unspecified atom stereocenters. The van der Waals surface area contributed by atoms with Crippen molar-refractivity contribution in [3.8, 4) is 11.5 Å².